The first kappa shape index (κ1) is 16.4. The number of morpholine rings is 1. The maximum atomic E-state index is 12.8. The third-order valence-electron chi connectivity index (χ3n) is 3.75. The Labute approximate surface area is 127 Å². The van der Waals surface area contributed by atoms with Gasteiger partial charge in [0.2, 0.25) is 10.0 Å². The summed E-state index contributed by atoms with van der Waals surface area (Å²) in [6.45, 7) is 6.54. The lowest BCUT2D eigenvalue weighted by Crippen LogP contribution is -2.48. The Morgan fingerprint density at radius 3 is 2.52 bits per heavy atom. The number of sulfonamides is 1. The monoisotopic (exact) mass is 312 g/mol. The Balaban J connectivity index is 2.31. The van der Waals surface area contributed by atoms with E-state index in [1.807, 2.05) is 26.8 Å². The molecule has 6 heteroatoms. The van der Waals surface area contributed by atoms with Gasteiger partial charge in [-0.2, -0.15) is 4.31 Å². The maximum Gasteiger partial charge on any atom is 0.243 e. The van der Waals surface area contributed by atoms with Crippen molar-refractivity contribution in [3.8, 4) is 0 Å². The molecule has 1 aliphatic heterocycles. The largest absolute Gasteiger partial charge is 0.373 e. The number of nitrogens with two attached hydrogens (primary N) is 1. The van der Waals surface area contributed by atoms with Crippen molar-refractivity contribution in [3.05, 3.63) is 29.8 Å². The topological polar surface area (TPSA) is 72.6 Å². The number of hydrogen-bond acceptors (Lipinski definition) is 4. The van der Waals surface area contributed by atoms with E-state index >= 15 is 0 Å². The summed E-state index contributed by atoms with van der Waals surface area (Å²) in [6, 6.07) is 6.81. The second-order valence-corrected chi connectivity index (χ2v) is 7.60. The first-order valence-electron chi connectivity index (χ1n) is 7.35. The molecule has 0 saturated carbocycles. The lowest BCUT2D eigenvalue weighted by Gasteiger charge is -2.34. The molecule has 118 valence electrons. The fourth-order valence-corrected chi connectivity index (χ4v) is 4.26. The Morgan fingerprint density at radius 1 is 1.33 bits per heavy atom. The van der Waals surface area contributed by atoms with E-state index in [4.69, 9.17) is 10.5 Å². The fraction of sp³-hybridized carbons (Fsp3) is 0.600. The van der Waals surface area contributed by atoms with Gasteiger partial charge in [-0.1, -0.05) is 19.1 Å². The summed E-state index contributed by atoms with van der Waals surface area (Å²) < 4.78 is 32.6. The average Bonchev–Trinajstić information content (AvgIpc) is 2.45. The molecule has 21 heavy (non-hydrogen) atoms. The summed E-state index contributed by atoms with van der Waals surface area (Å²) in [4.78, 5) is 0.310. The SMILES string of the molecule is CCC(N)c1cccc(S(=O)(=O)N2CC(C)OC(C)C2)c1. The van der Waals surface area contributed by atoms with Crippen molar-refractivity contribution in [1.82, 2.24) is 4.31 Å². The van der Waals surface area contributed by atoms with Crippen LogP contribution < -0.4 is 5.73 Å². The van der Waals surface area contributed by atoms with Crippen LogP contribution in [0.3, 0.4) is 0 Å². The quantitative estimate of drug-likeness (QED) is 0.921. The van der Waals surface area contributed by atoms with Gasteiger partial charge in [0.1, 0.15) is 0 Å². The van der Waals surface area contributed by atoms with E-state index in [2.05, 4.69) is 0 Å². The number of hydrogen-bond donors (Lipinski definition) is 1. The van der Waals surface area contributed by atoms with E-state index in [1.54, 1.807) is 18.2 Å². The second kappa shape index (κ2) is 6.44. The summed E-state index contributed by atoms with van der Waals surface area (Å²) in [6.07, 6.45) is 0.587. The molecule has 0 spiro atoms. The third-order valence-corrected chi connectivity index (χ3v) is 5.58. The molecule has 3 atom stereocenters. The van der Waals surface area contributed by atoms with Crippen molar-refractivity contribution in [2.75, 3.05) is 13.1 Å². The predicted octanol–water partition coefficient (Wildman–Crippen LogP) is 1.89. The van der Waals surface area contributed by atoms with Gasteiger partial charge in [-0.3, -0.25) is 0 Å². The minimum Gasteiger partial charge on any atom is -0.373 e. The summed E-state index contributed by atoms with van der Waals surface area (Å²) >= 11 is 0. The summed E-state index contributed by atoms with van der Waals surface area (Å²) in [5.74, 6) is 0. The van der Waals surface area contributed by atoms with E-state index in [1.165, 1.54) is 4.31 Å². The van der Waals surface area contributed by atoms with Crippen LogP contribution in [0.1, 0.15) is 38.8 Å². The van der Waals surface area contributed by atoms with Crippen LogP contribution >= 0.6 is 0 Å². The Morgan fingerprint density at radius 2 is 1.95 bits per heavy atom. The highest BCUT2D eigenvalue weighted by Gasteiger charge is 2.32. The zero-order valence-corrected chi connectivity index (χ0v) is 13.6. The zero-order valence-electron chi connectivity index (χ0n) is 12.8. The van der Waals surface area contributed by atoms with Crippen molar-refractivity contribution >= 4 is 10.0 Å². The molecule has 1 aromatic carbocycles. The van der Waals surface area contributed by atoms with Gasteiger partial charge >= 0.3 is 0 Å². The van der Waals surface area contributed by atoms with Gasteiger partial charge in [-0.25, -0.2) is 8.42 Å². The van der Waals surface area contributed by atoms with E-state index < -0.39 is 10.0 Å². The number of ether oxygens (including phenoxy) is 1. The molecule has 1 saturated heterocycles. The van der Waals surface area contributed by atoms with Gasteiger partial charge in [-0.05, 0) is 38.0 Å². The van der Waals surface area contributed by atoms with Gasteiger partial charge in [-0.15, -0.1) is 0 Å². The highest BCUT2D eigenvalue weighted by molar-refractivity contribution is 7.89. The minimum absolute atomic E-state index is 0.0930. The lowest BCUT2D eigenvalue weighted by molar-refractivity contribution is -0.0440. The highest BCUT2D eigenvalue weighted by Crippen LogP contribution is 2.24. The first-order valence-corrected chi connectivity index (χ1v) is 8.79. The van der Waals surface area contributed by atoms with Crippen molar-refractivity contribution in [3.63, 3.8) is 0 Å². The number of nitrogens with zero attached hydrogens (tertiary/aromatic N) is 1. The summed E-state index contributed by atoms with van der Waals surface area (Å²) in [5, 5.41) is 0. The molecular weight excluding hydrogens is 288 g/mol. The predicted molar refractivity (Wildman–Crippen MR) is 82.4 cm³/mol. The van der Waals surface area contributed by atoms with E-state index in [0.717, 1.165) is 12.0 Å². The maximum absolute atomic E-state index is 12.8. The van der Waals surface area contributed by atoms with Gasteiger partial charge in [0.25, 0.3) is 0 Å². The molecule has 5 nitrogen and oxygen atoms in total. The molecule has 0 amide bonds. The van der Waals surface area contributed by atoms with Crippen molar-refractivity contribution < 1.29 is 13.2 Å². The van der Waals surface area contributed by atoms with Crippen LogP contribution in [0.25, 0.3) is 0 Å². The molecule has 1 heterocycles. The molecule has 1 aliphatic rings. The van der Waals surface area contributed by atoms with Crippen molar-refractivity contribution in [2.24, 2.45) is 5.73 Å². The average molecular weight is 312 g/mol. The van der Waals surface area contributed by atoms with E-state index in [-0.39, 0.29) is 18.2 Å². The fourth-order valence-electron chi connectivity index (χ4n) is 2.62. The first-order chi connectivity index (χ1) is 9.84. The Hall–Kier alpha value is -0.950. The van der Waals surface area contributed by atoms with Gasteiger partial charge in [0.15, 0.2) is 0 Å². The number of rotatable bonds is 4. The molecule has 2 rings (SSSR count). The summed E-state index contributed by atoms with van der Waals surface area (Å²) in [7, 11) is -3.49. The molecule has 0 radical (unpaired) electrons. The van der Waals surface area contributed by atoms with Crippen LogP contribution in [0.2, 0.25) is 0 Å². The van der Waals surface area contributed by atoms with Gasteiger partial charge < -0.3 is 10.5 Å². The molecular formula is C15H24N2O3S. The molecule has 2 N–H and O–H groups in total. The van der Waals surface area contributed by atoms with Crippen LogP contribution in [-0.4, -0.2) is 38.0 Å². The van der Waals surface area contributed by atoms with Gasteiger partial charge in [0.05, 0.1) is 17.1 Å². The smallest absolute Gasteiger partial charge is 0.243 e. The van der Waals surface area contributed by atoms with Crippen LogP contribution in [0.5, 0.6) is 0 Å². The third kappa shape index (κ3) is 3.63. The molecule has 1 fully saturated rings. The highest BCUT2D eigenvalue weighted by atomic mass is 32.2. The van der Waals surface area contributed by atoms with E-state index in [0.29, 0.717) is 18.0 Å². The molecule has 1 aromatic rings. The standard InChI is InChI=1S/C15H24N2O3S/c1-4-15(16)13-6-5-7-14(8-13)21(18,19)17-9-11(2)20-12(3)10-17/h5-8,11-12,15H,4,9-10,16H2,1-3H3. The van der Waals surface area contributed by atoms with Crippen LogP contribution in [0.4, 0.5) is 0 Å². The minimum atomic E-state index is -3.49. The van der Waals surface area contributed by atoms with Crippen LogP contribution in [-0.2, 0) is 14.8 Å². The van der Waals surface area contributed by atoms with Crippen molar-refractivity contribution in [1.29, 1.82) is 0 Å². The molecule has 0 aliphatic carbocycles. The Bertz CT molecular complexity index is 578. The lowest BCUT2D eigenvalue weighted by atomic mass is 10.1. The van der Waals surface area contributed by atoms with Crippen molar-refractivity contribution in [2.45, 2.75) is 50.3 Å². The molecule has 0 bridgehead atoms. The molecule has 3 unspecified atom stereocenters. The van der Waals surface area contributed by atoms with Gasteiger partial charge in [0, 0.05) is 19.1 Å². The van der Waals surface area contributed by atoms with E-state index in [9.17, 15) is 8.42 Å². The normalized spacial score (nSPS) is 25.7. The van der Waals surface area contributed by atoms with Crippen LogP contribution in [0, 0.1) is 0 Å². The zero-order chi connectivity index (χ0) is 15.6. The Kier molecular flexibility index (Phi) is 5.03. The number of benzene rings is 1. The van der Waals surface area contributed by atoms with Crippen LogP contribution in [0.15, 0.2) is 29.2 Å². The molecule has 0 aromatic heterocycles. The summed E-state index contributed by atoms with van der Waals surface area (Å²) in [5.41, 5.74) is 6.86. The second-order valence-electron chi connectivity index (χ2n) is 5.67.